The number of thioether (sulfide) groups is 1. The first-order valence-electron chi connectivity index (χ1n) is 5.78. The van der Waals surface area contributed by atoms with Crippen molar-refractivity contribution in [1.82, 2.24) is 4.90 Å². The van der Waals surface area contributed by atoms with Crippen LogP contribution in [0.5, 0.6) is 5.75 Å². The highest BCUT2D eigenvalue weighted by Crippen LogP contribution is 2.27. The van der Waals surface area contributed by atoms with Crippen molar-refractivity contribution in [2.75, 3.05) is 29.9 Å². The van der Waals surface area contributed by atoms with Crippen LogP contribution in [0, 0.1) is 0 Å². The van der Waals surface area contributed by atoms with E-state index < -0.39 is 11.7 Å². The minimum atomic E-state index is -1.23. The number of aromatic hydroxyl groups is 1. The van der Waals surface area contributed by atoms with E-state index in [9.17, 15) is 14.7 Å². The van der Waals surface area contributed by atoms with Gasteiger partial charge in [0.15, 0.2) is 5.75 Å². The summed E-state index contributed by atoms with van der Waals surface area (Å²) >= 11 is 1.78. The van der Waals surface area contributed by atoms with Gasteiger partial charge in [0, 0.05) is 24.6 Å². The number of benzene rings is 1. The van der Waals surface area contributed by atoms with E-state index in [0.29, 0.717) is 13.1 Å². The Balaban J connectivity index is 2.12. The lowest BCUT2D eigenvalue weighted by Crippen LogP contribution is -2.40. The van der Waals surface area contributed by atoms with Crippen LogP contribution in [0.1, 0.15) is 10.4 Å². The standard InChI is InChI=1S/C12H14N2O4S/c15-10-8(11(16)17)2-1-3-9(10)13-12(18)14-4-6-19-7-5-14/h1-3,15H,4-7H2,(H,13,18)(H,16,17). The van der Waals surface area contributed by atoms with Crippen molar-refractivity contribution in [2.24, 2.45) is 0 Å². The molecule has 2 rings (SSSR count). The second-order valence-corrected chi connectivity index (χ2v) is 5.26. The number of hydrogen-bond acceptors (Lipinski definition) is 4. The summed E-state index contributed by atoms with van der Waals surface area (Å²) in [4.78, 5) is 24.5. The van der Waals surface area contributed by atoms with Crippen molar-refractivity contribution in [3.8, 4) is 5.75 Å². The molecule has 0 atom stereocenters. The van der Waals surface area contributed by atoms with Gasteiger partial charge in [0.05, 0.1) is 5.69 Å². The van der Waals surface area contributed by atoms with Gasteiger partial charge in [0.1, 0.15) is 5.56 Å². The summed E-state index contributed by atoms with van der Waals surface area (Å²) < 4.78 is 0. The summed E-state index contributed by atoms with van der Waals surface area (Å²) in [5, 5.41) is 21.2. The molecule has 1 aliphatic rings. The molecule has 1 fully saturated rings. The first-order valence-corrected chi connectivity index (χ1v) is 6.94. The fraction of sp³-hybridized carbons (Fsp3) is 0.333. The van der Waals surface area contributed by atoms with Gasteiger partial charge >= 0.3 is 12.0 Å². The Morgan fingerprint density at radius 1 is 1.26 bits per heavy atom. The Hall–Kier alpha value is -1.89. The Bertz CT molecular complexity index is 501. The number of aromatic carboxylic acids is 1. The fourth-order valence-corrected chi connectivity index (χ4v) is 2.68. The molecule has 7 heteroatoms. The summed E-state index contributed by atoms with van der Waals surface area (Å²) in [7, 11) is 0. The van der Waals surface area contributed by atoms with E-state index >= 15 is 0 Å². The number of carbonyl (C=O) groups is 2. The lowest BCUT2D eigenvalue weighted by atomic mass is 10.1. The Labute approximate surface area is 114 Å². The van der Waals surface area contributed by atoms with E-state index in [-0.39, 0.29) is 17.3 Å². The number of amides is 2. The number of anilines is 1. The zero-order valence-corrected chi connectivity index (χ0v) is 10.9. The van der Waals surface area contributed by atoms with E-state index in [1.165, 1.54) is 18.2 Å². The van der Waals surface area contributed by atoms with E-state index in [4.69, 9.17) is 5.11 Å². The summed E-state index contributed by atoms with van der Waals surface area (Å²) in [6.07, 6.45) is 0. The number of rotatable bonds is 2. The van der Waals surface area contributed by atoms with Gasteiger partial charge in [-0.25, -0.2) is 9.59 Å². The molecule has 1 heterocycles. The topological polar surface area (TPSA) is 89.9 Å². The third kappa shape index (κ3) is 3.11. The molecule has 0 bridgehead atoms. The zero-order valence-electron chi connectivity index (χ0n) is 10.1. The molecule has 0 spiro atoms. The molecule has 6 nitrogen and oxygen atoms in total. The van der Waals surface area contributed by atoms with Crippen LogP contribution in [0.25, 0.3) is 0 Å². The van der Waals surface area contributed by atoms with Crippen LogP contribution in [0.2, 0.25) is 0 Å². The summed E-state index contributed by atoms with van der Waals surface area (Å²) in [6, 6.07) is 3.91. The predicted molar refractivity (Wildman–Crippen MR) is 73.0 cm³/mol. The molecular formula is C12H14N2O4S. The molecule has 0 radical (unpaired) electrons. The van der Waals surface area contributed by atoms with Crippen molar-refractivity contribution in [2.45, 2.75) is 0 Å². The normalized spacial score (nSPS) is 15.1. The minimum Gasteiger partial charge on any atom is -0.505 e. The molecule has 0 unspecified atom stereocenters. The number of urea groups is 1. The maximum absolute atomic E-state index is 11.9. The van der Waals surface area contributed by atoms with E-state index in [1.54, 1.807) is 16.7 Å². The number of phenols is 1. The molecule has 3 N–H and O–H groups in total. The number of carboxylic acid groups (broad SMARTS) is 1. The average Bonchev–Trinajstić information content (AvgIpc) is 2.41. The summed E-state index contributed by atoms with van der Waals surface area (Å²) in [5.41, 5.74) is -0.116. The smallest absolute Gasteiger partial charge is 0.339 e. The highest BCUT2D eigenvalue weighted by Gasteiger charge is 2.19. The quantitative estimate of drug-likeness (QED) is 0.718. The average molecular weight is 282 g/mol. The maximum atomic E-state index is 11.9. The third-order valence-corrected chi connectivity index (χ3v) is 3.75. The van der Waals surface area contributed by atoms with Crippen LogP contribution in [-0.4, -0.2) is 51.7 Å². The SMILES string of the molecule is O=C(O)c1cccc(NC(=O)N2CCSCC2)c1O. The van der Waals surface area contributed by atoms with Gasteiger partial charge in [0.25, 0.3) is 0 Å². The van der Waals surface area contributed by atoms with Crippen LogP contribution in [0.4, 0.5) is 10.5 Å². The highest BCUT2D eigenvalue weighted by atomic mass is 32.2. The van der Waals surface area contributed by atoms with Crippen LogP contribution < -0.4 is 5.32 Å². The molecule has 0 saturated carbocycles. The lowest BCUT2D eigenvalue weighted by molar-refractivity contribution is 0.0693. The van der Waals surface area contributed by atoms with Crippen LogP contribution in [-0.2, 0) is 0 Å². The van der Waals surface area contributed by atoms with Crippen LogP contribution in [0.15, 0.2) is 18.2 Å². The first kappa shape index (κ1) is 13.5. The van der Waals surface area contributed by atoms with Gasteiger partial charge < -0.3 is 20.4 Å². The number of carboxylic acids is 1. The highest BCUT2D eigenvalue weighted by molar-refractivity contribution is 7.99. The van der Waals surface area contributed by atoms with Gasteiger partial charge in [-0.2, -0.15) is 11.8 Å². The van der Waals surface area contributed by atoms with Gasteiger partial charge in [0.2, 0.25) is 0 Å². The molecule has 19 heavy (non-hydrogen) atoms. The zero-order chi connectivity index (χ0) is 13.8. The van der Waals surface area contributed by atoms with Crippen molar-refractivity contribution < 1.29 is 19.8 Å². The number of para-hydroxylation sites is 1. The molecular weight excluding hydrogens is 268 g/mol. The number of hydrogen-bond donors (Lipinski definition) is 3. The van der Waals surface area contributed by atoms with Crippen molar-refractivity contribution in [3.63, 3.8) is 0 Å². The minimum absolute atomic E-state index is 0.114. The molecule has 1 aliphatic heterocycles. The molecule has 0 aliphatic carbocycles. The Morgan fingerprint density at radius 3 is 2.58 bits per heavy atom. The molecule has 1 aromatic rings. The summed E-state index contributed by atoms with van der Waals surface area (Å²) in [6.45, 7) is 1.30. The monoisotopic (exact) mass is 282 g/mol. The first-order chi connectivity index (χ1) is 9.09. The fourth-order valence-electron chi connectivity index (χ4n) is 1.78. The van der Waals surface area contributed by atoms with Crippen LogP contribution in [0.3, 0.4) is 0 Å². The van der Waals surface area contributed by atoms with Crippen molar-refractivity contribution in [3.05, 3.63) is 23.8 Å². The van der Waals surface area contributed by atoms with E-state index in [0.717, 1.165) is 11.5 Å². The van der Waals surface area contributed by atoms with E-state index in [2.05, 4.69) is 5.32 Å². The third-order valence-electron chi connectivity index (χ3n) is 2.81. The Morgan fingerprint density at radius 2 is 1.95 bits per heavy atom. The molecule has 1 aromatic carbocycles. The van der Waals surface area contributed by atoms with Gasteiger partial charge in [-0.05, 0) is 12.1 Å². The number of nitrogens with one attached hydrogen (secondary N) is 1. The van der Waals surface area contributed by atoms with Gasteiger partial charge in [-0.1, -0.05) is 6.07 Å². The molecule has 102 valence electrons. The number of carbonyl (C=O) groups excluding carboxylic acids is 1. The second kappa shape index (κ2) is 5.83. The van der Waals surface area contributed by atoms with Crippen molar-refractivity contribution >= 4 is 29.4 Å². The lowest BCUT2D eigenvalue weighted by Gasteiger charge is -2.26. The largest absolute Gasteiger partial charge is 0.505 e. The molecule has 2 amide bonds. The van der Waals surface area contributed by atoms with Gasteiger partial charge in [-0.3, -0.25) is 0 Å². The second-order valence-electron chi connectivity index (χ2n) is 4.04. The maximum Gasteiger partial charge on any atom is 0.339 e. The van der Waals surface area contributed by atoms with Crippen LogP contribution >= 0.6 is 11.8 Å². The summed E-state index contributed by atoms with van der Waals surface area (Å²) in [5.74, 6) is 0.112. The number of nitrogens with zero attached hydrogens (tertiary/aromatic N) is 1. The van der Waals surface area contributed by atoms with Crippen molar-refractivity contribution in [1.29, 1.82) is 0 Å². The molecule has 1 saturated heterocycles. The molecule has 0 aromatic heterocycles. The Kier molecular flexibility index (Phi) is 4.16. The van der Waals surface area contributed by atoms with Gasteiger partial charge in [-0.15, -0.1) is 0 Å². The predicted octanol–water partition coefficient (Wildman–Crippen LogP) is 1.67. The van der Waals surface area contributed by atoms with E-state index in [1.807, 2.05) is 0 Å².